The Morgan fingerprint density at radius 1 is 1.35 bits per heavy atom. The lowest BCUT2D eigenvalue weighted by Crippen LogP contribution is -2.33. The van der Waals surface area contributed by atoms with Crippen molar-refractivity contribution in [1.82, 2.24) is 0 Å². The highest BCUT2D eigenvalue weighted by molar-refractivity contribution is 7.91. The molecule has 1 heterocycles. The molecule has 0 saturated carbocycles. The molecule has 0 radical (unpaired) electrons. The topological polar surface area (TPSA) is 46.2 Å². The van der Waals surface area contributed by atoms with Crippen LogP contribution in [-0.4, -0.2) is 26.0 Å². The van der Waals surface area contributed by atoms with Crippen molar-refractivity contribution in [3.63, 3.8) is 0 Å². The van der Waals surface area contributed by atoms with Gasteiger partial charge in [-0.05, 0) is 49.8 Å². The molecule has 2 rings (SSSR count). The number of nitrogens with one attached hydrogen (secondary N) is 1. The van der Waals surface area contributed by atoms with E-state index in [0.717, 1.165) is 35.5 Å². The molecule has 5 heteroatoms. The van der Waals surface area contributed by atoms with Crippen molar-refractivity contribution in [3.8, 4) is 0 Å². The monoisotopic (exact) mass is 315 g/mol. The molecule has 3 nitrogen and oxygen atoms in total. The standard InChI is InChI=1S/C15H22ClNO2S/c1-3-12-4-5-14(10-15(12)16)17-11(2)13-6-8-20(18,19)9-7-13/h4-5,10-11,13,17H,3,6-9H2,1-2H3/t11-/m1/s1. The van der Waals surface area contributed by atoms with Crippen LogP contribution in [0.15, 0.2) is 18.2 Å². The van der Waals surface area contributed by atoms with E-state index in [1.807, 2.05) is 18.2 Å². The molecule has 20 heavy (non-hydrogen) atoms. The van der Waals surface area contributed by atoms with E-state index in [2.05, 4.69) is 19.2 Å². The third-order valence-corrected chi connectivity index (χ3v) is 6.20. The molecule has 1 aromatic carbocycles. The maximum atomic E-state index is 11.5. The lowest BCUT2D eigenvalue weighted by Gasteiger charge is -2.29. The van der Waals surface area contributed by atoms with Crippen molar-refractivity contribution < 1.29 is 8.42 Å². The number of rotatable bonds is 4. The molecule has 1 aliphatic rings. The average molecular weight is 316 g/mol. The summed E-state index contributed by atoms with van der Waals surface area (Å²) in [5, 5.41) is 4.24. The second-order valence-electron chi connectivity index (χ2n) is 5.58. The van der Waals surface area contributed by atoms with Gasteiger partial charge >= 0.3 is 0 Å². The molecule has 1 fully saturated rings. The fourth-order valence-corrected chi connectivity index (χ4v) is 4.55. The van der Waals surface area contributed by atoms with Gasteiger partial charge in [0, 0.05) is 16.8 Å². The van der Waals surface area contributed by atoms with Crippen LogP contribution in [0.25, 0.3) is 0 Å². The quantitative estimate of drug-likeness (QED) is 0.924. The van der Waals surface area contributed by atoms with Gasteiger partial charge in [-0.2, -0.15) is 0 Å². The fourth-order valence-electron chi connectivity index (χ4n) is 2.71. The van der Waals surface area contributed by atoms with Crippen LogP contribution in [0, 0.1) is 5.92 Å². The number of aryl methyl sites for hydroxylation is 1. The van der Waals surface area contributed by atoms with E-state index in [-0.39, 0.29) is 6.04 Å². The van der Waals surface area contributed by atoms with E-state index in [9.17, 15) is 8.42 Å². The third-order valence-electron chi connectivity index (χ3n) is 4.13. The van der Waals surface area contributed by atoms with Gasteiger partial charge in [0.15, 0.2) is 0 Å². The van der Waals surface area contributed by atoms with Gasteiger partial charge in [0.1, 0.15) is 9.84 Å². The smallest absolute Gasteiger partial charge is 0.150 e. The maximum Gasteiger partial charge on any atom is 0.150 e. The van der Waals surface area contributed by atoms with E-state index in [4.69, 9.17) is 11.6 Å². The van der Waals surface area contributed by atoms with Crippen LogP contribution in [0.2, 0.25) is 5.02 Å². The Bertz CT molecular complexity index is 557. The summed E-state index contributed by atoms with van der Waals surface area (Å²) >= 11 is 6.22. The van der Waals surface area contributed by atoms with E-state index in [0.29, 0.717) is 17.4 Å². The maximum absolute atomic E-state index is 11.5. The molecule has 1 atom stereocenters. The highest BCUT2D eigenvalue weighted by atomic mass is 35.5. The molecule has 1 aromatic rings. The largest absolute Gasteiger partial charge is 0.382 e. The molecule has 0 aliphatic carbocycles. The predicted octanol–water partition coefficient (Wildman–Crippen LogP) is 3.53. The van der Waals surface area contributed by atoms with Crippen LogP contribution in [-0.2, 0) is 16.3 Å². The van der Waals surface area contributed by atoms with Crippen LogP contribution in [0.3, 0.4) is 0 Å². The minimum absolute atomic E-state index is 0.258. The van der Waals surface area contributed by atoms with E-state index < -0.39 is 9.84 Å². The van der Waals surface area contributed by atoms with E-state index >= 15 is 0 Å². The Balaban J connectivity index is 1.98. The number of halogens is 1. The van der Waals surface area contributed by atoms with Gasteiger partial charge in [0.2, 0.25) is 0 Å². The molecule has 0 spiro atoms. The number of anilines is 1. The molecule has 1 aliphatic heterocycles. The second kappa shape index (κ2) is 6.35. The molecule has 0 unspecified atom stereocenters. The summed E-state index contributed by atoms with van der Waals surface area (Å²) in [4.78, 5) is 0. The summed E-state index contributed by atoms with van der Waals surface area (Å²) in [6, 6.07) is 6.30. The van der Waals surface area contributed by atoms with Crippen molar-refractivity contribution in [3.05, 3.63) is 28.8 Å². The Kier molecular flexibility index (Phi) is 4.97. The van der Waals surface area contributed by atoms with Crippen molar-refractivity contribution in [2.24, 2.45) is 5.92 Å². The first-order valence-corrected chi connectivity index (χ1v) is 9.36. The van der Waals surface area contributed by atoms with Gasteiger partial charge in [0.05, 0.1) is 11.5 Å². The first kappa shape index (κ1) is 15.6. The first-order valence-electron chi connectivity index (χ1n) is 7.16. The molecule has 0 amide bonds. The summed E-state index contributed by atoms with van der Waals surface area (Å²) in [6.45, 7) is 4.20. The minimum atomic E-state index is -2.79. The number of sulfone groups is 1. The molecular formula is C15H22ClNO2S. The van der Waals surface area contributed by atoms with Gasteiger partial charge in [-0.3, -0.25) is 0 Å². The number of hydrogen-bond donors (Lipinski definition) is 1. The minimum Gasteiger partial charge on any atom is -0.382 e. The lowest BCUT2D eigenvalue weighted by molar-refractivity contribution is 0.420. The summed E-state index contributed by atoms with van der Waals surface area (Å²) in [5.41, 5.74) is 2.15. The van der Waals surface area contributed by atoms with E-state index in [1.54, 1.807) is 0 Å². The van der Waals surface area contributed by atoms with Crippen molar-refractivity contribution >= 4 is 27.1 Å². The molecule has 1 saturated heterocycles. The van der Waals surface area contributed by atoms with Gasteiger partial charge in [-0.25, -0.2) is 8.42 Å². The number of hydrogen-bond acceptors (Lipinski definition) is 3. The van der Waals surface area contributed by atoms with Crippen LogP contribution in [0.5, 0.6) is 0 Å². The van der Waals surface area contributed by atoms with Gasteiger partial charge in [-0.15, -0.1) is 0 Å². The molecule has 1 N–H and O–H groups in total. The summed E-state index contributed by atoms with van der Waals surface area (Å²) in [6.07, 6.45) is 2.42. The van der Waals surface area contributed by atoms with Crippen molar-refractivity contribution in [2.45, 2.75) is 39.2 Å². The van der Waals surface area contributed by atoms with Gasteiger partial charge in [0.25, 0.3) is 0 Å². The Labute approximate surface area is 126 Å². The fraction of sp³-hybridized carbons (Fsp3) is 0.600. The molecule has 0 bridgehead atoms. The highest BCUT2D eigenvalue weighted by Gasteiger charge is 2.27. The summed E-state index contributed by atoms with van der Waals surface area (Å²) < 4.78 is 22.9. The zero-order valence-electron chi connectivity index (χ0n) is 12.0. The van der Waals surface area contributed by atoms with Crippen LogP contribution in [0.1, 0.15) is 32.3 Å². The predicted molar refractivity (Wildman–Crippen MR) is 85.3 cm³/mol. The zero-order valence-corrected chi connectivity index (χ0v) is 13.6. The Morgan fingerprint density at radius 3 is 2.55 bits per heavy atom. The zero-order chi connectivity index (χ0) is 14.8. The lowest BCUT2D eigenvalue weighted by atomic mass is 9.94. The highest BCUT2D eigenvalue weighted by Crippen LogP contribution is 2.26. The average Bonchev–Trinajstić information content (AvgIpc) is 2.38. The number of benzene rings is 1. The van der Waals surface area contributed by atoms with Crippen molar-refractivity contribution in [1.29, 1.82) is 0 Å². The van der Waals surface area contributed by atoms with Crippen LogP contribution < -0.4 is 5.32 Å². The molecular weight excluding hydrogens is 294 g/mol. The first-order chi connectivity index (χ1) is 9.41. The normalized spacial score (nSPS) is 20.6. The van der Waals surface area contributed by atoms with E-state index in [1.165, 1.54) is 0 Å². The molecule has 0 aromatic heterocycles. The Morgan fingerprint density at radius 2 is 2.00 bits per heavy atom. The SMILES string of the molecule is CCc1ccc(N[C@H](C)C2CCS(=O)(=O)CC2)cc1Cl. The van der Waals surface area contributed by atoms with Crippen molar-refractivity contribution in [2.75, 3.05) is 16.8 Å². The second-order valence-corrected chi connectivity index (χ2v) is 8.29. The summed E-state index contributed by atoms with van der Waals surface area (Å²) in [5.74, 6) is 1.04. The van der Waals surface area contributed by atoms with Crippen LogP contribution in [0.4, 0.5) is 5.69 Å². The van der Waals surface area contributed by atoms with Crippen LogP contribution >= 0.6 is 11.6 Å². The molecule has 112 valence electrons. The summed E-state index contributed by atoms with van der Waals surface area (Å²) in [7, 11) is -2.79. The van der Waals surface area contributed by atoms with Gasteiger partial charge in [-0.1, -0.05) is 24.6 Å². The Hall–Kier alpha value is -0.740. The van der Waals surface area contributed by atoms with Gasteiger partial charge < -0.3 is 5.32 Å². The third kappa shape index (κ3) is 3.89.